The first-order valence-electron chi connectivity index (χ1n) is 8.35. The van der Waals surface area contributed by atoms with Crippen LogP contribution in [-0.4, -0.2) is 30.1 Å². The van der Waals surface area contributed by atoms with E-state index < -0.39 is 0 Å². The molecule has 3 heteroatoms. The van der Waals surface area contributed by atoms with Crippen molar-refractivity contribution < 1.29 is 0 Å². The second-order valence-corrected chi connectivity index (χ2v) is 7.51. The zero-order valence-electron chi connectivity index (χ0n) is 12.7. The van der Waals surface area contributed by atoms with E-state index in [9.17, 15) is 0 Å². The highest BCUT2D eigenvalue weighted by Gasteiger charge is 2.36. The summed E-state index contributed by atoms with van der Waals surface area (Å²) in [7, 11) is 0. The molecule has 2 nitrogen and oxygen atoms in total. The molecule has 1 aromatic rings. The first-order chi connectivity index (χ1) is 9.83. The van der Waals surface area contributed by atoms with Gasteiger partial charge >= 0.3 is 0 Å². The Kier molecular flexibility index (Phi) is 4.79. The van der Waals surface area contributed by atoms with Crippen LogP contribution in [0.5, 0.6) is 0 Å². The van der Waals surface area contributed by atoms with Crippen molar-refractivity contribution in [1.29, 1.82) is 0 Å². The van der Waals surface area contributed by atoms with Crippen LogP contribution in [0.2, 0.25) is 0 Å². The zero-order valence-corrected chi connectivity index (χ0v) is 13.6. The lowest BCUT2D eigenvalue weighted by Gasteiger charge is -2.42. The topological polar surface area (TPSA) is 15.3 Å². The molecule has 0 amide bonds. The standard InChI is InChI=1S/C17H28N2S/c1-2-15(16-8-6-13-20-16)19-12-7-11-18-17(14-19)9-4-3-5-10-17/h6,8,13,15,18H,2-5,7,9-12,14H2,1H3. The van der Waals surface area contributed by atoms with Gasteiger partial charge in [-0.15, -0.1) is 11.3 Å². The maximum atomic E-state index is 3.91. The van der Waals surface area contributed by atoms with Crippen LogP contribution in [0.1, 0.15) is 62.8 Å². The quantitative estimate of drug-likeness (QED) is 0.898. The van der Waals surface area contributed by atoms with Gasteiger partial charge in [-0.25, -0.2) is 0 Å². The third-order valence-electron chi connectivity index (χ3n) is 5.14. The van der Waals surface area contributed by atoms with E-state index in [1.54, 1.807) is 4.88 Å². The Bertz CT molecular complexity index is 395. The van der Waals surface area contributed by atoms with Crippen molar-refractivity contribution in [2.75, 3.05) is 19.6 Å². The van der Waals surface area contributed by atoms with Crippen molar-refractivity contribution in [3.63, 3.8) is 0 Å². The second kappa shape index (κ2) is 6.59. The van der Waals surface area contributed by atoms with Crippen LogP contribution < -0.4 is 5.32 Å². The molecule has 20 heavy (non-hydrogen) atoms. The Morgan fingerprint density at radius 1 is 1.30 bits per heavy atom. The molecule has 112 valence electrons. The Balaban J connectivity index is 1.77. The van der Waals surface area contributed by atoms with Gasteiger partial charge in [-0.2, -0.15) is 0 Å². The molecule has 1 saturated heterocycles. The molecule has 0 bridgehead atoms. The van der Waals surface area contributed by atoms with Crippen LogP contribution in [0.15, 0.2) is 17.5 Å². The lowest BCUT2D eigenvalue weighted by molar-refractivity contribution is 0.126. The molecule has 1 aliphatic heterocycles. The van der Waals surface area contributed by atoms with Gasteiger partial charge in [0.15, 0.2) is 0 Å². The first kappa shape index (κ1) is 14.6. The average Bonchev–Trinajstić information content (AvgIpc) is 2.92. The number of hydrogen-bond donors (Lipinski definition) is 1. The predicted octanol–water partition coefficient (Wildman–Crippen LogP) is 4.20. The third kappa shape index (κ3) is 3.10. The zero-order chi connectivity index (χ0) is 13.8. The van der Waals surface area contributed by atoms with Crippen LogP contribution in [0.4, 0.5) is 0 Å². The van der Waals surface area contributed by atoms with Crippen molar-refractivity contribution in [1.82, 2.24) is 10.2 Å². The highest BCUT2D eigenvalue weighted by atomic mass is 32.1. The Hall–Kier alpha value is -0.380. The molecule has 1 saturated carbocycles. The molecule has 1 spiro atoms. The summed E-state index contributed by atoms with van der Waals surface area (Å²) in [6.45, 7) is 6.06. The summed E-state index contributed by atoms with van der Waals surface area (Å²) in [6, 6.07) is 5.16. The summed E-state index contributed by atoms with van der Waals surface area (Å²) in [4.78, 5) is 4.33. The van der Waals surface area contributed by atoms with Gasteiger partial charge in [0, 0.05) is 29.5 Å². The molecule has 1 unspecified atom stereocenters. The molecule has 1 atom stereocenters. The summed E-state index contributed by atoms with van der Waals surface area (Å²) < 4.78 is 0. The number of hydrogen-bond acceptors (Lipinski definition) is 3. The van der Waals surface area contributed by atoms with Gasteiger partial charge in [-0.3, -0.25) is 4.90 Å². The molecule has 1 aliphatic carbocycles. The van der Waals surface area contributed by atoms with E-state index in [0.717, 1.165) is 0 Å². The van der Waals surface area contributed by atoms with Crippen molar-refractivity contribution >= 4 is 11.3 Å². The minimum atomic E-state index is 0.416. The van der Waals surface area contributed by atoms with Gasteiger partial charge in [-0.05, 0) is 43.7 Å². The number of rotatable bonds is 3. The highest BCUT2D eigenvalue weighted by Crippen LogP contribution is 2.35. The Morgan fingerprint density at radius 3 is 2.85 bits per heavy atom. The normalized spacial score (nSPS) is 25.4. The molecule has 2 fully saturated rings. The largest absolute Gasteiger partial charge is 0.310 e. The van der Waals surface area contributed by atoms with E-state index >= 15 is 0 Å². The Morgan fingerprint density at radius 2 is 2.15 bits per heavy atom. The van der Waals surface area contributed by atoms with Gasteiger partial charge < -0.3 is 5.32 Å². The monoisotopic (exact) mass is 292 g/mol. The maximum absolute atomic E-state index is 3.91. The van der Waals surface area contributed by atoms with Crippen LogP contribution in [0, 0.1) is 0 Å². The van der Waals surface area contributed by atoms with Gasteiger partial charge in [0.1, 0.15) is 0 Å². The fourth-order valence-electron chi connectivity index (χ4n) is 4.11. The van der Waals surface area contributed by atoms with E-state index in [0.29, 0.717) is 11.6 Å². The summed E-state index contributed by atoms with van der Waals surface area (Å²) in [5.74, 6) is 0. The molecule has 1 aromatic heterocycles. The van der Waals surface area contributed by atoms with Crippen LogP contribution in [0.3, 0.4) is 0 Å². The van der Waals surface area contributed by atoms with Crippen LogP contribution >= 0.6 is 11.3 Å². The minimum Gasteiger partial charge on any atom is -0.310 e. The fourth-order valence-corrected chi connectivity index (χ4v) is 5.05. The molecular weight excluding hydrogens is 264 g/mol. The third-order valence-corrected chi connectivity index (χ3v) is 6.11. The highest BCUT2D eigenvalue weighted by molar-refractivity contribution is 7.10. The molecular formula is C17H28N2S. The number of thiophene rings is 1. The fraction of sp³-hybridized carbons (Fsp3) is 0.765. The second-order valence-electron chi connectivity index (χ2n) is 6.53. The molecule has 0 aromatic carbocycles. The smallest absolute Gasteiger partial charge is 0.0439 e. The lowest BCUT2D eigenvalue weighted by Crippen LogP contribution is -2.53. The van der Waals surface area contributed by atoms with E-state index in [1.165, 1.54) is 64.6 Å². The average molecular weight is 292 g/mol. The molecule has 2 aliphatic rings. The minimum absolute atomic E-state index is 0.416. The van der Waals surface area contributed by atoms with Gasteiger partial charge in [0.25, 0.3) is 0 Å². The van der Waals surface area contributed by atoms with Gasteiger partial charge in [0.2, 0.25) is 0 Å². The van der Waals surface area contributed by atoms with Gasteiger partial charge in [0.05, 0.1) is 0 Å². The molecule has 1 N–H and O–H groups in total. The molecule has 2 heterocycles. The van der Waals surface area contributed by atoms with Gasteiger partial charge in [-0.1, -0.05) is 32.3 Å². The number of nitrogens with zero attached hydrogens (tertiary/aromatic N) is 1. The van der Waals surface area contributed by atoms with E-state index in [2.05, 4.69) is 34.7 Å². The summed E-state index contributed by atoms with van der Waals surface area (Å²) in [5.41, 5.74) is 0.416. The van der Waals surface area contributed by atoms with Crippen LogP contribution in [-0.2, 0) is 0 Å². The molecule has 0 radical (unpaired) electrons. The maximum Gasteiger partial charge on any atom is 0.0439 e. The molecule has 3 rings (SSSR count). The van der Waals surface area contributed by atoms with Crippen molar-refractivity contribution in [2.24, 2.45) is 0 Å². The van der Waals surface area contributed by atoms with Crippen LogP contribution in [0.25, 0.3) is 0 Å². The number of nitrogens with one attached hydrogen (secondary N) is 1. The van der Waals surface area contributed by atoms with Crippen molar-refractivity contribution in [2.45, 2.75) is 63.5 Å². The summed E-state index contributed by atoms with van der Waals surface area (Å²) >= 11 is 1.93. The summed E-state index contributed by atoms with van der Waals surface area (Å²) in [6.07, 6.45) is 9.55. The van der Waals surface area contributed by atoms with Crippen molar-refractivity contribution in [3.8, 4) is 0 Å². The van der Waals surface area contributed by atoms with E-state index in [-0.39, 0.29) is 0 Å². The lowest BCUT2D eigenvalue weighted by atomic mass is 9.81. The summed E-state index contributed by atoms with van der Waals surface area (Å²) in [5, 5.41) is 6.14. The first-order valence-corrected chi connectivity index (χ1v) is 9.23. The van der Waals surface area contributed by atoms with Crippen molar-refractivity contribution in [3.05, 3.63) is 22.4 Å². The predicted molar refractivity (Wildman–Crippen MR) is 87.4 cm³/mol. The Labute approximate surface area is 127 Å². The van der Waals surface area contributed by atoms with E-state index in [4.69, 9.17) is 0 Å². The van der Waals surface area contributed by atoms with E-state index in [1.807, 2.05) is 11.3 Å². The SMILES string of the molecule is CCC(c1cccs1)N1CCCNC2(CCCCC2)C1.